The Balaban J connectivity index is 2.22. The highest BCUT2D eigenvalue weighted by Gasteiger charge is 2.20. The normalized spacial score (nSPS) is 11.0. The summed E-state index contributed by atoms with van der Waals surface area (Å²) in [5, 5.41) is 4.04. The maximum Gasteiger partial charge on any atom is 0.253 e. The minimum atomic E-state index is 0.00121. The third-order valence-corrected chi connectivity index (χ3v) is 4.50. The van der Waals surface area contributed by atoms with E-state index in [1.54, 1.807) is 11.3 Å². The Kier molecular flexibility index (Phi) is 3.76. The topological polar surface area (TPSA) is 29.1 Å². The molecular weight excluding hydrogens is 278 g/mol. The van der Waals surface area contributed by atoms with E-state index < -0.39 is 0 Å². The van der Waals surface area contributed by atoms with Crippen molar-refractivity contribution >= 4 is 27.3 Å². The van der Waals surface area contributed by atoms with Crippen LogP contribution in [0.25, 0.3) is 20.5 Å². The molecule has 0 bridgehead atoms. The smallest absolute Gasteiger partial charge is 0.253 e. The van der Waals surface area contributed by atoms with Crippen LogP contribution in [0.4, 0.5) is 0 Å². The minimum absolute atomic E-state index is 0.00121. The van der Waals surface area contributed by atoms with Crippen LogP contribution >= 0.6 is 11.3 Å². The van der Waals surface area contributed by atoms with E-state index in [9.17, 15) is 4.79 Å². The summed E-state index contributed by atoms with van der Waals surface area (Å²) >= 11 is 1.67. The predicted octanol–water partition coefficient (Wildman–Crippen LogP) is 4.71. The van der Waals surface area contributed by atoms with Crippen LogP contribution in [0.5, 0.6) is 0 Å². The molecule has 0 fully saturated rings. The number of carbonyl (C=O) groups excluding carboxylic acids is 1. The van der Waals surface area contributed by atoms with E-state index in [0.29, 0.717) is 0 Å². The van der Waals surface area contributed by atoms with E-state index in [2.05, 4.69) is 23.5 Å². The van der Waals surface area contributed by atoms with E-state index in [1.807, 2.05) is 50.2 Å². The Labute approximate surface area is 128 Å². The highest BCUT2D eigenvalue weighted by molar-refractivity contribution is 7.22. The molecule has 0 spiro atoms. The van der Waals surface area contributed by atoms with Gasteiger partial charge in [-0.3, -0.25) is 4.79 Å². The summed E-state index contributed by atoms with van der Waals surface area (Å²) in [6, 6.07) is 18.3. The van der Waals surface area contributed by atoms with Gasteiger partial charge < -0.3 is 5.32 Å². The van der Waals surface area contributed by atoms with Crippen LogP contribution in [-0.4, -0.2) is 11.9 Å². The van der Waals surface area contributed by atoms with Crippen LogP contribution in [-0.2, 0) is 0 Å². The van der Waals surface area contributed by atoms with E-state index in [1.165, 1.54) is 0 Å². The standard InChI is InChI=1S/C18H17NOS/c1-12(2)19-18(20)16-14-10-6-7-11-15(14)21-17(16)13-8-4-3-5-9-13/h3-12H,1-2H3,(H,19,20). The van der Waals surface area contributed by atoms with Gasteiger partial charge in [-0.2, -0.15) is 0 Å². The second-order valence-corrected chi connectivity index (χ2v) is 6.35. The largest absolute Gasteiger partial charge is 0.350 e. The molecule has 3 aromatic rings. The zero-order chi connectivity index (χ0) is 14.8. The summed E-state index contributed by atoms with van der Waals surface area (Å²) in [6.07, 6.45) is 0. The van der Waals surface area contributed by atoms with E-state index in [-0.39, 0.29) is 11.9 Å². The van der Waals surface area contributed by atoms with E-state index in [0.717, 1.165) is 26.1 Å². The van der Waals surface area contributed by atoms with Gasteiger partial charge in [0.15, 0.2) is 0 Å². The van der Waals surface area contributed by atoms with Crippen molar-refractivity contribution < 1.29 is 4.79 Å². The van der Waals surface area contributed by atoms with Crippen molar-refractivity contribution in [3.8, 4) is 10.4 Å². The molecule has 106 valence electrons. The molecule has 0 unspecified atom stereocenters. The summed E-state index contributed by atoms with van der Waals surface area (Å²) in [6.45, 7) is 3.96. The Morgan fingerprint density at radius 2 is 1.67 bits per heavy atom. The van der Waals surface area contributed by atoms with Gasteiger partial charge in [0.05, 0.1) is 5.56 Å². The molecule has 21 heavy (non-hydrogen) atoms. The molecule has 0 aliphatic heterocycles. The molecule has 0 radical (unpaired) electrons. The molecule has 0 atom stereocenters. The molecule has 0 saturated carbocycles. The van der Waals surface area contributed by atoms with Crippen LogP contribution in [0, 0.1) is 0 Å². The summed E-state index contributed by atoms with van der Waals surface area (Å²) in [7, 11) is 0. The van der Waals surface area contributed by atoms with Crippen LogP contribution in [0.2, 0.25) is 0 Å². The van der Waals surface area contributed by atoms with Crippen molar-refractivity contribution in [3.05, 3.63) is 60.2 Å². The fraction of sp³-hybridized carbons (Fsp3) is 0.167. The molecule has 3 rings (SSSR count). The molecular formula is C18H17NOS. The first-order valence-corrected chi connectivity index (χ1v) is 7.86. The second kappa shape index (κ2) is 5.70. The van der Waals surface area contributed by atoms with Gasteiger partial charge >= 0.3 is 0 Å². The lowest BCUT2D eigenvalue weighted by Gasteiger charge is -2.09. The highest BCUT2D eigenvalue weighted by atomic mass is 32.1. The quantitative estimate of drug-likeness (QED) is 0.745. The lowest BCUT2D eigenvalue weighted by atomic mass is 10.0. The first-order valence-electron chi connectivity index (χ1n) is 7.04. The van der Waals surface area contributed by atoms with Crippen LogP contribution in [0.15, 0.2) is 54.6 Å². The van der Waals surface area contributed by atoms with Gasteiger partial charge in [-0.05, 0) is 25.5 Å². The van der Waals surface area contributed by atoms with Crippen molar-refractivity contribution in [1.29, 1.82) is 0 Å². The summed E-state index contributed by atoms with van der Waals surface area (Å²) in [5.41, 5.74) is 1.88. The van der Waals surface area contributed by atoms with Gasteiger partial charge in [-0.1, -0.05) is 48.5 Å². The Hall–Kier alpha value is -2.13. The average Bonchev–Trinajstić information content (AvgIpc) is 2.87. The van der Waals surface area contributed by atoms with E-state index >= 15 is 0 Å². The van der Waals surface area contributed by atoms with Crippen molar-refractivity contribution in [3.63, 3.8) is 0 Å². The molecule has 3 heteroatoms. The van der Waals surface area contributed by atoms with Crippen molar-refractivity contribution in [2.45, 2.75) is 19.9 Å². The zero-order valence-corrected chi connectivity index (χ0v) is 12.9. The van der Waals surface area contributed by atoms with Gasteiger partial charge in [-0.15, -0.1) is 11.3 Å². The monoisotopic (exact) mass is 295 g/mol. The number of amides is 1. The minimum Gasteiger partial charge on any atom is -0.350 e. The van der Waals surface area contributed by atoms with Crippen LogP contribution < -0.4 is 5.32 Å². The SMILES string of the molecule is CC(C)NC(=O)c1c(-c2ccccc2)sc2ccccc12. The van der Waals surface area contributed by atoms with Crippen molar-refractivity contribution in [2.75, 3.05) is 0 Å². The Morgan fingerprint density at radius 3 is 2.38 bits per heavy atom. The van der Waals surface area contributed by atoms with Gasteiger partial charge in [-0.25, -0.2) is 0 Å². The number of rotatable bonds is 3. The molecule has 1 heterocycles. The summed E-state index contributed by atoms with van der Waals surface area (Å²) in [4.78, 5) is 13.7. The van der Waals surface area contributed by atoms with Gasteiger partial charge in [0.2, 0.25) is 0 Å². The molecule has 2 aromatic carbocycles. The predicted molar refractivity (Wildman–Crippen MR) is 89.9 cm³/mol. The number of thiophene rings is 1. The third-order valence-electron chi connectivity index (χ3n) is 3.28. The Morgan fingerprint density at radius 1 is 1.00 bits per heavy atom. The highest BCUT2D eigenvalue weighted by Crippen LogP contribution is 2.38. The third kappa shape index (κ3) is 2.69. The molecule has 1 aromatic heterocycles. The zero-order valence-electron chi connectivity index (χ0n) is 12.1. The van der Waals surface area contributed by atoms with Gasteiger partial charge in [0.25, 0.3) is 5.91 Å². The maximum absolute atomic E-state index is 12.6. The lowest BCUT2D eigenvalue weighted by Crippen LogP contribution is -2.30. The van der Waals surface area contributed by atoms with Crippen molar-refractivity contribution in [1.82, 2.24) is 5.32 Å². The number of hydrogen-bond acceptors (Lipinski definition) is 2. The number of fused-ring (bicyclic) bond motifs is 1. The number of carbonyl (C=O) groups is 1. The van der Waals surface area contributed by atoms with Crippen molar-refractivity contribution in [2.24, 2.45) is 0 Å². The number of hydrogen-bond donors (Lipinski definition) is 1. The van der Waals surface area contributed by atoms with Gasteiger partial charge in [0.1, 0.15) is 0 Å². The number of benzene rings is 2. The Bertz CT molecular complexity index is 774. The molecule has 2 nitrogen and oxygen atoms in total. The molecule has 1 N–H and O–H groups in total. The molecule has 0 aliphatic carbocycles. The summed E-state index contributed by atoms with van der Waals surface area (Å²) in [5.74, 6) is 0.00121. The second-order valence-electron chi connectivity index (χ2n) is 5.30. The molecule has 1 amide bonds. The van der Waals surface area contributed by atoms with Crippen LogP contribution in [0.1, 0.15) is 24.2 Å². The lowest BCUT2D eigenvalue weighted by molar-refractivity contribution is 0.0946. The summed E-state index contributed by atoms with van der Waals surface area (Å²) < 4.78 is 1.14. The van der Waals surface area contributed by atoms with Crippen LogP contribution in [0.3, 0.4) is 0 Å². The molecule has 0 aliphatic rings. The fourth-order valence-corrected chi connectivity index (χ4v) is 3.60. The van der Waals surface area contributed by atoms with E-state index in [4.69, 9.17) is 0 Å². The molecule has 0 saturated heterocycles. The average molecular weight is 295 g/mol. The van der Waals surface area contributed by atoms with Gasteiger partial charge in [0, 0.05) is 21.0 Å². The fourth-order valence-electron chi connectivity index (χ4n) is 2.40. The first-order chi connectivity index (χ1) is 10.2. The maximum atomic E-state index is 12.6. The number of nitrogens with one attached hydrogen (secondary N) is 1. The first kappa shape index (κ1) is 13.8.